The lowest BCUT2D eigenvalue weighted by molar-refractivity contribution is 0.0955. The molecule has 5 heteroatoms. The molecule has 0 fully saturated rings. The molecule has 0 heterocycles. The van der Waals surface area contributed by atoms with Gasteiger partial charge in [0, 0.05) is 5.56 Å². The SMILES string of the molecule is CCOc1ccc(C(=O)NN=Cc2ccc(OC)cc2)cc1. The Morgan fingerprint density at radius 2 is 1.73 bits per heavy atom. The second-order valence-corrected chi connectivity index (χ2v) is 4.43. The average molecular weight is 298 g/mol. The fourth-order valence-electron chi connectivity index (χ4n) is 1.79. The van der Waals surface area contributed by atoms with Crippen molar-refractivity contribution in [2.45, 2.75) is 6.92 Å². The molecule has 0 aliphatic carbocycles. The summed E-state index contributed by atoms with van der Waals surface area (Å²) < 4.78 is 10.4. The third-order valence-electron chi connectivity index (χ3n) is 2.92. The molecule has 0 saturated heterocycles. The maximum atomic E-state index is 11.9. The van der Waals surface area contributed by atoms with Gasteiger partial charge in [-0.2, -0.15) is 5.10 Å². The monoisotopic (exact) mass is 298 g/mol. The molecule has 0 spiro atoms. The zero-order valence-corrected chi connectivity index (χ0v) is 12.6. The number of ether oxygens (including phenoxy) is 2. The van der Waals surface area contributed by atoms with E-state index in [0.717, 1.165) is 17.1 Å². The van der Waals surface area contributed by atoms with Crippen molar-refractivity contribution in [2.75, 3.05) is 13.7 Å². The first-order valence-corrected chi connectivity index (χ1v) is 6.93. The zero-order valence-electron chi connectivity index (χ0n) is 12.6. The smallest absolute Gasteiger partial charge is 0.271 e. The van der Waals surface area contributed by atoms with Gasteiger partial charge in [0.2, 0.25) is 0 Å². The Bertz CT molecular complexity index is 634. The minimum atomic E-state index is -0.271. The van der Waals surface area contributed by atoms with Gasteiger partial charge in [-0.05, 0) is 61.0 Å². The van der Waals surface area contributed by atoms with Crippen LogP contribution in [0.15, 0.2) is 53.6 Å². The molecule has 114 valence electrons. The number of nitrogens with one attached hydrogen (secondary N) is 1. The lowest BCUT2D eigenvalue weighted by Crippen LogP contribution is -2.17. The van der Waals surface area contributed by atoms with Crippen molar-refractivity contribution in [3.8, 4) is 11.5 Å². The van der Waals surface area contributed by atoms with Crippen LogP contribution >= 0.6 is 0 Å². The Labute approximate surface area is 129 Å². The first-order chi connectivity index (χ1) is 10.7. The second-order valence-electron chi connectivity index (χ2n) is 4.43. The summed E-state index contributed by atoms with van der Waals surface area (Å²) in [4.78, 5) is 11.9. The average Bonchev–Trinajstić information content (AvgIpc) is 2.56. The van der Waals surface area contributed by atoms with Crippen molar-refractivity contribution in [3.63, 3.8) is 0 Å². The number of carbonyl (C=O) groups is 1. The topological polar surface area (TPSA) is 59.9 Å². The Hall–Kier alpha value is -2.82. The molecule has 2 rings (SSSR count). The number of nitrogens with zero attached hydrogens (tertiary/aromatic N) is 1. The van der Waals surface area contributed by atoms with Gasteiger partial charge < -0.3 is 9.47 Å². The van der Waals surface area contributed by atoms with E-state index in [1.807, 2.05) is 31.2 Å². The van der Waals surface area contributed by atoms with E-state index < -0.39 is 0 Å². The Morgan fingerprint density at radius 1 is 1.09 bits per heavy atom. The lowest BCUT2D eigenvalue weighted by atomic mass is 10.2. The quantitative estimate of drug-likeness (QED) is 0.659. The highest BCUT2D eigenvalue weighted by molar-refractivity contribution is 5.95. The highest BCUT2D eigenvalue weighted by Crippen LogP contribution is 2.12. The fourth-order valence-corrected chi connectivity index (χ4v) is 1.79. The summed E-state index contributed by atoms with van der Waals surface area (Å²) in [7, 11) is 1.61. The minimum absolute atomic E-state index is 0.271. The van der Waals surface area contributed by atoms with Crippen LogP contribution < -0.4 is 14.9 Å². The molecular weight excluding hydrogens is 280 g/mol. The molecule has 0 aliphatic rings. The molecule has 0 unspecified atom stereocenters. The van der Waals surface area contributed by atoms with Crippen molar-refractivity contribution in [1.29, 1.82) is 0 Å². The second kappa shape index (κ2) is 7.83. The number of hydrogen-bond donors (Lipinski definition) is 1. The molecule has 1 N–H and O–H groups in total. The van der Waals surface area contributed by atoms with Gasteiger partial charge in [0.05, 0.1) is 19.9 Å². The first kappa shape index (κ1) is 15.6. The molecule has 0 aliphatic heterocycles. The third kappa shape index (κ3) is 4.34. The number of hydrogen-bond acceptors (Lipinski definition) is 4. The number of benzene rings is 2. The van der Waals surface area contributed by atoms with E-state index in [9.17, 15) is 4.79 Å². The molecule has 2 aromatic rings. The van der Waals surface area contributed by atoms with Crippen molar-refractivity contribution < 1.29 is 14.3 Å². The van der Waals surface area contributed by atoms with Crippen LogP contribution in [0.1, 0.15) is 22.8 Å². The van der Waals surface area contributed by atoms with Crippen LogP contribution in [0, 0.1) is 0 Å². The maximum Gasteiger partial charge on any atom is 0.271 e. The number of amides is 1. The summed E-state index contributed by atoms with van der Waals surface area (Å²) in [6, 6.07) is 14.3. The summed E-state index contributed by atoms with van der Waals surface area (Å²) in [5.74, 6) is 1.24. The molecule has 0 atom stereocenters. The number of rotatable bonds is 6. The molecule has 1 amide bonds. The molecular formula is C17H18N2O3. The third-order valence-corrected chi connectivity index (χ3v) is 2.92. The fraction of sp³-hybridized carbons (Fsp3) is 0.176. The lowest BCUT2D eigenvalue weighted by Gasteiger charge is -2.04. The summed E-state index contributed by atoms with van der Waals surface area (Å²) in [6.45, 7) is 2.51. The predicted octanol–water partition coefficient (Wildman–Crippen LogP) is 2.86. The van der Waals surface area contributed by atoms with Crippen LogP contribution in [0.4, 0.5) is 0 Å². The van der Waals surface area contributed by atoms with Gasteiger partial charge in [-0.3, -0.25) is 4.79 Å². The molecule has 0 radical (unpaired) electrons. The minimum Gasteiger partial charge on any atom is -0.497 e. The molecule has 22 heavy (non-hydrogen) atoms. The van der Waals surface area contributed by atoms with Crippen molar-refractivity contribution in [1.82, 2.24) is 5.43 Å². The maximum absolute atomic E-state index is 11.9. The Balaban J connectivity index is 1.92. The Kier molecular flexibility index (Phi) is 5.54. The number of methoxy groups -OCH3 is 1. The van der Waals surface area contributed by atoms with Crippen molar-refractivity contribution in [3.05, 3.63) is 59.7 Å². The normalized spacial score (nSPS) is 10.5. The van der Waals surface area contributed by atoms with Crippen LogP contribution in [0.2, 0.25) is 0 Å². The molecule has 0 bridgehead atoms. The Morgan fingerprint density at radius 3 is 2.32 bits per heavy atom. The van der Waals surface area contributed by atoms with E-state index in [1.54, 1.807) is 37.6 Å². The van der Waals surface area contributed by atoms with E-state index in [-0.39, 0.29) is 5.91 Å². The predicted molar refractivity (Wildman–Crippen MR) is 85.7 cm³/mol. The van der Waals surface area contributed by atoms with E-state index >= 15 is 0 Å². The summed E-state index contributed by atoms with van der Waals surface area (Å²) >= 11 is 0. The van der Waals surface area contributed by atoms with Crippen LogP contribution in [0.3, 0.4) is 0 Å². The first-order valence-electron chi connectivity index (χ1n) is 6.93. The summed E-state index contributed by atoms with van der Waals surface area (Å²) in [5, 5.41) is 3.94. The van der Waals surface area contributed by atoms with Crippen LogP contribution in [-0.2, 0) is 0 Å². The van der Waals surface area contributed by atoms with Crippen LogP contribution in [0.25, 0.3) is 0 Å². The van der Waals surface area contributed by atoms with Gasteiger partial charge in [-0.15, -0.1) is 0 Å². The molecule has 5 nitrogen and oxygen atoms in total. The van der Waals surface area contributed by atoms with Crippen molar-refractivity contribution >= 4 is 12.1 Å². The van der Waals surface area contributed by atoms with E-state index in [4.69, 9.17) is 9.47 Å². The van der Waals surface area contributed by atoms with Gasteiger partial charge in [-0.25, -0.2) is 5.43 Å². The van der Waals surface area contributed by atoms with Crippen LogP contribution in [0.5, 0.6) is 11.5 Å². The van der Waals surface area contributed by atoms with Gasteiger partial charge >= 0.3 is 0 Å². The molecule has 2 aromatic carbocycles. The molecule has 0 aromatic heterocycles. The van der Waals surface area contributed by atoms with E-state index in [1.165, 1.54) is 0 Å². The standard InChI is InChI=1S/C17H18N2O3/c1-3-22-16-10-6-14(7-11-16)17(20)19-18-12-13-4-8-15(21-2)9-5-13/h4-12H,3H2,1-2H3,(H,19,20). The van der Waals surface area contributed by atoms with Gasteiger partial charge in [0.25, 0.3) is 5.91 Å². The van der Waals surface area contributed by atoms with Gasteiger partial charge in [0.1, 0.15) is 11.5 Å². The highest BCUT2D eigenvalue weighted by Gasteiger charge is 2.03. The number of hydrazone groups is 1. The van der Waals surface area contributed by atoms with E-state index in [2.05, 4.69) is 10.5 Å². The van der Waals surface area contributed by atoms with Crippen molar-refractivity contribution in [2.24, 2.45) is 5.10 Å². The summed E-state index contributed by atoms with van der Waals surface area (Å²) in [6.07, 6.45) is 1.58. The van der Waals surface area contributed by atoms with Gasteiger partial charge in [-0.1, -0.05) is 0 Å². The van der Waals surface area contributed by atoms with E-state index in [0.29, 0.717) is 12.2 Å². The zero-order chi connectivity index (χ0) is 15.8. The molecule has 0 saturated carbocycles. The largest absolute Gasteiger partial charge is 0.497 e. The van der Waals surface area contributed by atoms with Crippen LogP contribution in [-0.4, -0.2) is 25.8 Å². The van der Waals surface area contributed by atoms with Gasteiger partial charge in [0.15, 0.2) is 0 Å². The number of carbonyl (C=O) groups excluding carboxylic acids is 1. The highest BCUT2D eigenvalue weighted by atomic mass is 16.5. The summed E-state index contributed by atoms with van der Waals surface area (Å²) in [5.41, 5.74) is 3.88.